The van der Waals surface area contributed by atoms with Gasteiger partial charge < -0.3 is 41.9 Å². The standard InChI is InChI=1S/C26H35N7O6/c1-3-14(2)22(27)25(37)32-19(8-15-10-29-18-7-5-4-6-17(15)18)23(35)31-20(9-16-11-28-13-30-16)24(36)33-21(12-34)26(38)39/h4-7,10-11,13-14,19-22,29,34H,3,8-9,12,27H2,1-2H3,(H,28,30)(H,31,35)(H,32,37)(H,33,36)(H,38,39). The second-order valence-electron chi connectivity index (χ2n) is 9.46. The van der Waals surface area contributed by atoms with Gasteiger partial charge in [-0.05, 0) is 17.5 Å². The fourth-order valence-electron chi connectivity index (χ4n) is 4.07. The average Bonchev–Trinajstić information content (AvgIpc) is 3.59. The highest BCUT2D eigenvalue weighted by atomic mass is 16.4. The van der Waals surface area contributed by atoms with E-state index in [2.05, 4.69) is 30.9 Å². The van der Waals surface area contributed by atoms with Crippen LogP contribution in [0, 0.1) is 5.92 Å². The summed E-state index contributed by atoms with van der Waals surface area (Å²) in [6, 6.07) is 2.75. The van der Waals surface area contributed by atoms with Gasteiger partial charge in [0.25, 0.3) is 0 Å². The molecule has 0 saturated heterocycles. The first-order valence-electron chi connectivity index (χ1n) is 12.7. The Morgan fingerprint density at radius 2 is 1.62 bits per heavy atom. The Kier molecular flexibility index (Phi) is 10.2. The number of imidazole rings is 1. The molecule has 2 aromatic heterocycles. The molecule has 13 nitrogen and oxygen atoms in total. The van der Waals surface area contributed by atoms with Crippen molar-refractivity contribution in [1.29, 1.82) is 0 Å². The third-order valence-corrected chi connectivity index (χ3v) is 6.70. The molecule has 0 radical (unpaired) electrons. The molecular weight excluding hydrogens is 506 g/mol. The monoisotopic (exact) mass is 541 g/mol. The molecule has 13 heteroatoms. The van der Waals surface area contributed by atoms with E-state index in [1.807, 2.05) is 38.1 Å². The van der Waals surface area contributed by atoms with Crippen LogP contribution in [0.3, 0.4) is 0 Å². The number of benzene rings is 1. The van der Waals surface area contributed by atoms with Gasteiger partial charge >= 0.3 is 5.97 Å². The number of para-hydroxylation sites is 1. The summed E-state index contributed by atoms with van der Waals surface area (Å²) >= 11 is 0. The first-order valence-corrected chi connectivity index (χ1v) is 12.7. The van der Waals surface area contributed by atoms with E-state index in [1.165, 1.54) is 12.5 Å². The van der Waals surface area contributed by atoms with Crippen LogP contribution in [-0.2, 0) is 32.0 Å². The number of nitrogens with one attached hydrogen (secondary N) is 5. The number of carboxylic acid groups (broad SMARTS) is 1. The van der Waals surface area contributed by atoms with Crippen LogP contribution in [0.15, 0.2) is 43.0 Å². The number of H-pyrrole nitrogens is 2. The summed E-state index contributed by atoms with van der Waals surface area (Å²) in [5, 5.41) is 27.0. The number of rotatable bonds is 14. The van der Waals surface area contributed by atoms with E-state index in [0.29, 0.717) is 12.1 Å². The summed E-state index contributed by atoms with van der Waals surface area (Å²) in [6.07, 6.45) is 5.33. The summed E-state index contributed by atoms with van der Waals surface area (Å²) < 4.78 is 0. The predicted octanol–water partition coefficient (Wildman–Crippen LogP) is -0.419. The minimum absolute atomic E-state index is 0.0462. The molecular formula is C26H35N7O6. The number of nitrogens with two attached hydrogens (primary N) is 1. The largest absolute Gasteiger partial charge is 0.480 e. The Morgan fingerprint density at radius 1 is 0.974 bits per heavy atom. The Labute approximate surface area is 225 Å². The second-order valence-corrected chi connectivity index (χ2v) is 9.46. The van der Waals surface area contributed by atoms with Crippen LogP contribution < -0.4 is 21.7 Å². The Hall–Kier alpha value is -4.23. The zero-order valence-corrected chi connectivity index (χ0v) is 21.8. The molecule has 0 saturated carbocycles. The van der Waals surface area contributed by atoms with Gasteiger partial charge in [0.1, 0.15) is 18.1 Å². The normalized spacial score (nSPS) is 15.1. The van der Waals surface area contributed by atoms with Crippen molar-refractivity contribution in [3.05, 3.63) is 54.2 Å². The third-order valence-electron chi connectivity index (χ3n) is 6.70. The van der Waals surface area contributed by atoms with Gasteiger partial charge in [0, 0.05) is 41.8 Å². The van der Waals surface area contributed by atoms with Gasteiger partial charge in [-0.2, -0.15) is 0 Å². The van der Waals surface area contributed by atoms with Gasteiger partial charge in [-0.3, -0.25) is 14.4 Å². The maximum absolute atomic E-state index is 13.6. The van der Waals surface area contributed by atoms with Crippen LogP contribution in [-0.4, -0.2) is 79.6 Å². The Bertz CT molecular complexity index is 1270. The van der Waals surface area contributed by atoms with Crippen molar-refractivity contribution in [3.63, 3.8) is 0 Å². The van der Waals surface area contributed by atoms with Gasteiger partial charge in [-0.25, -0.2) is 9.78 Å². The highest BCUT2D eigenvalue weighted by Gasteiger charge is 2.32. The van der Waals surface area contributed by atoms with Crippen molar-refractivity contribution in [3.8, 4) is 0 Å². The Morgan fingerprint density at radius 3 is 2.23 bits per heavy atom. The zero-order valence-electron chi connectivity index (χ0n) is 21.8. The topological polar surface area (TPSA) is 215 Å². The lowest BCUT2D eigenvalue weighted by Gasteiger charge is -2.26. The highest BCUT2D eigenvalue weighted by Crippen LogP contribution is 2.19. The molecule has 210 valence electrons. The van der Waals surface area contributed by atoms with Gasteiger partial charge in [0.05, 0.1) is 19.0 Å². The molecule has 0 spiro atoms. The number of nitrogens with zero attached hydrogens (tertiary/aromatic N) is 1. The molecule has 1 aromatic carbocycles. The predicted molar refractivity (Wildman–Crippen MR) is 142 cm³/mol. The van der Waals surface area contributed by atoms with Gasteiger partial charge in [0.2, 0.25) is 17.7 Å². The van der Waals surface area contributed by atoms with Gasteiger partial charge in [0.15, 0.2) is 0 Å². The molecule has 3 amide bonds. The molecule has 5 unspecified atom stereocenters. The number of carboxylic acids is 1. The quantitative estimate of drug-likeness (QED) is 0.134. The van der Waals surface area contributed by atoms with Crippen LogP contribution >= 0.6 is 0 Å². The van der Waals surface area contributed by atoms with Crippen LogP contribution in [0.5, 0.6) is 0 Å². The van der Waals surface area contributed by atoms with Crippen molar-refractivity contribution in [2.45, 2.75) is 57.3 Å². The third kappa shape index (κ3) is 7.65. The van der Waals surface area contributed by atoms with E-state index < -0.39 is 54.5 Å². The molecule has 9 N–H and O–H groups in total. The summed E-state index contributed by atoms with van der Waals surface area (Å²) in [5.74, 6) is -3.56. The van der Waals surface area contributed by atoms with Gasteiger partial charge in [-0.1, -0.05) is 38.5 Å². The number of amides is 3. The van der Waals surface area contributed by atoms with Crippen LogP contribution in [0.4, 0.5) is 0 Å². The first kappa shape index (κ1) is 29.3. The molecule has 5 atom stereocenters. The minimum atomic E-state index is -1.56. The summed E-state index contributed by atoms with van der Waals surface area (Å²) in [4.78, 5) is 60.8. The van der Waals surface area contributed by atoms with Gasteiger partial charge in [-0.15, -0.1) is 0 Å². The molecule has 3 aromatic rings. The lowest BCUT2D eigenvalue weighted by atomic mass is 9.98. The average molecular weight is 542 g/mol. The van der Waals surface area contributed by atoms with Crippen molar-refractivity contribution in [2.24, 2.45) is 11.7 Å². The van der Waals surface area contributed by atoms with E-state index in [4.69, 9.17) is 5.73 Å². The fourth-order valence-corrected chi connectivity index (χ4v) is 4.07. The molecule has 2 heterocycles. The highest BCUT2D eigenvalue weighted by molar-refractivity contribution is 5.95. The van der Waals surface area contributed by atoms with Crippen molar-refractivity contribution < 1.29 is 29.4 Å². The molecule has 0 aliphatic rings. The number of aromatic nitrogens is 3. The molecule has 3 rings (SSSR count). The fraction of sp³-hybridized carbons (Fsp3) is 0.423. The maximum Gasteiger partial charge on any atom is 0.328 e. The van der Waals surface area contributed by atoms with E-state index in [9.17, 15) is 29.4 Å². The second kappa shape index (κ2) is 13.5. The van der Waals surface area contributed by atoms with Crippen LogP contribution in [0.2, 0.25) is 0 Å². The van der Waals surface area contributed by atoms with E-state index in [-0.39, 0.29) is 18.8 Å². The summed E-state index contributed by atoms with van der Waals surface area (Å²) in [6.45, 7) is 2.91. The van der Waals surface area contributed by atoms with Crippen LogP contribution in [0.1, 0.15) is 31.5 Å². The summed E-state index contributed by atoms with van der Waals surface area (Å²) in [5.41, 5.74) is 8.24. The van der Waals surface area contributed by atoms with Crippen molar-refractivity contribution in [2.75, 3.05) is 6.61 Å². The van der Waals surface area contributed by atoms with Crippen LogP contribution in [0.25, 0.3) is 10.9 Å². The molecule has 0 aliphatic heterocycles. The van der Waals surface area contributed by atoms with Crippen molar-refractivity contribution >= 4 is 34.6 Å². The Balaban J connectivity index is 1.87. The molecule has 0 bridgehead atoms. The number of aliphatic hydroxyl groups excluding tert-OH is 1. The van der Waals surface area contributed by atoms with E-state index in [1.54, 1.807) is 6.20 Å². The molecule has 0 aliphatic carbocycles. The minimum Gasteiger partial charge on any atom is -0.480 e. The number of aromatic amines is 2. The van der Waals surface area contributed by atoms with Crippen molar-refractivity contribution in [1.82, 2.24) is 30.9 Å². The zero-order chi connectivity index (χ0) is 28.5. The number of hydrogen-bond acceptors (Lipinski definition) is 7. The lowest BCUT2D eigenvalue weighted by molar-refractivity contribution is -0.143. The number of aliphatic hydroxyl groups is 1. The number of hydrogen-bond donors (Lipinski definition) is 8. The maximum atomic E-state index is 13.6. The smallest absolute Gasteiger partial charge is 0.328 e. The number of carbonyl (C=O) groups excluding carboxylic acids is 3. The molecule has 39 heavy (non-hydrogen) atoms. The summed E-state index contributed by atoms with van der Waals surface area (Å²) in [7, 11) is 0. The number of aliphatic carboxylic acids is 1. The number of carbonyl (C=O) groups is 4. The molecule has 0 fully saturated rings. The van der Waals surface area contributed by atoms with E-state index >= 15 is 0 Å². The number of fused-ring (bicyclic) bond motifs is 1. The lowest BCUT2D eigenvalue weighted by Crippen LogP contribution is -2.59. The van der Waals surface area contributed by atoms with E-state index in [0.717, 1.165) is 16.5 Å². The SMILES string of the molecule is CCC(C)C(N)C(=O)NC(Cc1c[nH]c2ccccc12)C(=O)NC(Cc1cnc[nH]1)C(=O)NC(CO)C(=O)O. The first-order chi connectivity index (χ1) is 18.6.